The fourth-order valence-corrected chi connectivity index (χ4v) is 4.58. The normalized spacial score (nSPS) is 12.5. The van der Waals surface area contributed by atoms with E-state index in [0.29, 0.717) is 11.8 Å². The molecular formula is C30H36N2. The molecule has 0 aliphatic carbocycles. The minimum absolute atomic E-state index is 0.0867. The Hall–Kier alpha value is -2.74. The van der Waals surface area contributed by atoms with Gasteiger partial charge in [-0.15, -0.1) is 0 Å². The van der Waals surface area contributed by atoms with Crippen molar-refractivity contribution in [3.63, 3.8) is 0 Å². The molecule has 0 atom stereocenters. The van der Waals surface area contributed by atoms with Crippen LogP contribution in [0.2, 0.25) is 0 Å². The van der Waals surface area contributed by atoms with E-state index in [2.05, 4.69) is 97.9 Å². The van der Waals surface area contributed by atoms with E-state index in [9.17, 15) is 0 Å². The van der Waals surface area contributed by atoms with E-state index in [0.717, 1.165) is 22.4 Å². The molecule has 1 aromatic heterocycles. The maximum Gasteiger partial charge on any atom is 0.126 e. The third-order valence-electron chi connectivity index (χ3n) is 6.45. The molecule has 1 heterocycles. The number of rotatable bonds is 3. The van der Waals surface area contributed by atoms with Crippen molar-refractivity contribution in [2.75, 3.05) is 0 Å². The summed E-state index contributed by atoms with van der Waals surface area (Å²) in [6.07, 6.45) is 0. The van der Waals surface area contributed by atoms with Crippen LogP contribution in [0.15, 0.2) is 42.5 Å². The maximum atomic E-state index is 4.99. The first kappa shape index (κ1) is 22.5. The van der Waals surface area contributed by atoms with E-state index in [1.54, 1.807) is 0 Å². The lowest BCUT2D eigenvalue weighted by atomic mass is 9.84. The first-order valence-electron chi connectivity index (χ1n) is 11.8. The predicted octanol–water partition coefficient (Wildman–Crippen LogP) is 8.61. The van der Waals surface area contributed by atoms with Crippen molar-refractivity contribution in [3.8, 4) is 11.3 Å². The van der Waals surface area contributed by atoms with E-state index in [1.165, 1.54) is 38.6 Å². The van der Waals surface area contributed by atoms with Gasteiger partial charge in [-0.3, -0.25) is 0 Å². The molecule has 166 valence electrons. The average molecular weight is 425 g/mol. The summed E-state index contributed by atoms with van der Waals surface area (Å²) in [5, 5.41) is 3.68. The van der Waals surface area contributed by atoms with Gasteiger partial charge >= 0.3 is 0 Å². The lowest BCUT2D eigenvalue weighted by Crippen LogP contribution is -2.11. The number of nitrogens with zero attached hydrogens (tertiary/aromatic N) is 2. The van der Waals surface area contributed by atoms with E-state index >= 15 is 0 Å². The summed E-state index contributed by atoms with van der Waals surface area (Å²) in [5.74, 6) is 1.74. The number of hydrogen-bond acceptors (Lipinski definition) is 2. The molecule has 0 bridgehead atoms. The van der Waals surface area contributed by atoms with Gasteiger partial charge in [-0.2, -0.15) is 0 Å². The van der Waals surface area contributed by atoms with Gasteiger partial charge in [0.25, 0.3) is 0 Å². The number of hydrogen-bond donors (Lipinski definition) is 0. The first-order chi connectivity index (χ1) is 15.0. The Morgan fingerprint density at radius 3 is 2.12 bits per heavy atom. The highest BCUT2D eigenvalue weighted by molar-refractivity contribution is 6.11. The summed E-state index contributed by atoms with van der Waals surface area (Å²) in [6, 6.07) is 16.1. The quantitative estimate of drug-likeness (QED) is 0.308. The van der Waals surface area contributed by atoms with Gasteiger partial charge in [-0.05, 0) is 71.4 Å². The molecule has 0 saturated carbocycles. The molecular weight excluding hydrogens is 388 g/mol. The van der Waals surface area contributed by atoms with Crippen molar-refractivity contribution < 1.29 is 0 Å². The second kappa shape index (κ2) is 7.99. The van der Waals surface area contributed by atoms with Gasteiger partial charge < -0.3 is 0 Å². The summed E-state index contributed by atoms with van der Waals surface area (Å²) in [7, 11) is 0. The SMILES string of the molecule is Cc1cc(-c2nc(C)nc3c2ccc2cc(C(C)C)cc(C(C)C)c23)cc(C(C)(C)C)c1. The molecule has 3 aromatic carbocycles. The minimum Gasteiger partial charge on any atom is -0.233 e. The molecule has 0 unspecified atom stereocenters. The van der Waals surface area contributed by atoms with Crippen LogP contribution in [0, 0.1) is 13.8 Å². The Morgan fingerprint density at radius 1 is 0.781 bits per heavy atom. The first-order valence-corrected chi connectivity index (χ1v) is 11.8. The lowest BCUT2D eigenvalue weighted by molar-refractivity contribution is 0.590. The van der Waals surface area contributed by atoms with E-state index in [-0.39, 0.29) is 5.41 Å². The Balaban J connectivity index is 2.10. The summed E-state index contributed by atoms with van der Waals surface area (Å²) in [6.45, 7) is 20.1. The highest BCUT2D eigenvalue weighted by atomic mass is 14.9. The lowest BCUT2D eigenvalue weighted by Gasteiger charge is -2.21. The van der Waals surface area contributed by atoms with E-state index in [1.807, 2.05) is 6.92 Å². The molecule has 4 aromatic rings. The summed E-state index contributed by atoms with van der Waals surface area (Å²) in [5.41, 5.74) is 8.73. The van der Waals surface area contributed by atoms with Gasteiger partial charge in [-0.25, -0.2) is 9.97 Å². The van der Waals surface area contributed by atoms with Gasteiger partial charge in [-0.1, -0.05) is 78.3 Å². The Kier molecular flexibility index (Phi) is 5.61. The van der Waals surface area contributed by atoms with Crippen molar-refractivity contribution in [2.24, 2.45) is 0 Å². The zero-order valence-electron chi connectivity index (χ0n) is 21.1. The summed E-state index contributed by atoms with van der Waals surface area (Å²) < 4.78 is 0. The highest BCUT2D eigenvalue weighted by Gasteiger charge is 2.19. The molecule has 0 aliphatic heterocycles. The number of fused-ring (bicyclic) bond motifs is 3. The molecule has 0 saturated heterocycles. The fourth-order valence-electron chi connectivity index (χ4n) is 4.58. The number of aryl methyl sites for hydroxylation is 2. The fraction of sp³-hybridized carbons (Fsp3) is 0.400. The minimum atomic E-state index is 0.0867. The summed E-state index contributed by atoms with van der Waals surface area (Å²) >= 11 is 0. The van der Waals surface area contributed by atoms with Gasteiger partial charge in [0.1, 0.15) is 5.82 Å². The van der Waals surface area contributed by atoms with Crippen LogP contribution < -0.4 is 0 Å². The van der Waals surface area contributed by atoms with E-state index in [4.69, 9.17) is 9.97 Å². The van der Waals surface area contributed by atoms with Crippen LogP contribution in [0.25, 0.3) is 32.9 Å². The van der Waals surface area contributed by atoms with Crippen molar-refractivity contribution >= 4 is 21.7 Å². The largest absolute Gasteiger partial charge is 0.233 e. The highest BCUT2D eigenvalue weighted by Crippen LogP contribution is 2.38. The van der Waals surface area contributed by atoms with Crippen molar-refractivity contribution in [3.05, 3.63) is 70.5 Å². The topological polar surface area (TPSA) is 25.8 Å². The van der Waals surface area contributed by atoms with E-state index < -0.39 is 0 Å². The van der Waals surface area contributed by atoms with Gasteiger partial charge in [0.15, 0.2) is 0 Å². The third-order valence-corrected chi connectivity index (χ3v) is 6.45. The Bertz CT molecular complexity index is 1320. The predicted molar refractivity (Wildman–Crippen MR) is 139 cm³/mol. The Morgan fingerprint density at radius 2 is 1.50 bits per heavy atom. The molecule has 0 spiro atoms. The standard InChI is InChI=1S/C30H36N2/c1-17(2)22-14-21-10-11-25-28(23-12-19(5)13-24(15-23)30(7,8)9)31-20(6)32-29(25)27(21)26(16-22)18(3)4/h10-18H,1-9H3. The van der Waals surface area contributed by atoms with Crippen LogP contribution in [-0.2, 0) is 5.41 Å². The molecule has 2 nitrogen and oxygen atoms in total. The monoisotopic (exact) mass is 424 g/mol. The van der Waals surface area contributed by atoms with Crippen LogP contribution in [0.1, 0.15) is 88.4 Å². The van der Waals surface area contributed by atoms with Gasteiger partial charge in [0, 0.05) is 16.3 Å². The molecule has 0 radical (unpaired) electrons. The number of aromatic nitrogens is 2. The molecule has 4 rings (SSSR count). The molecule has 0 fully saturated rings. The maximum absolute atomic E-state index is 4.99. The molecule has 0 amide bonds. The average Bonchev–Trinajstić information content (AvgIpc) is 2.70. The van der Waals surface area contributed by atoms with Crippen LogP contribution in [-0.4, -0.2) is 9.97 Å². The van der Waals surface area contributed by atoms with Gasteiger partial charge in [0.2, 0.25) is 0 Å². The molecule has 0 N–H and O–H groups in total. The van der Waals surface area contributed by atoms with Crippen molar-refractivity contribution in [1.82, 2.24) is 9.97 Å². The third kappa shape index (κ3) is 4.03. The molecule has 2 heteroatoms. The number of benzene rings is 3. The summed E-state index contributed by atoms with van der Waals surface area (Å²) in [4.78, 5) is 9.94. The van der Waals surface area contributed by atoms with Crippen LogP contribution in [0.3, 0.4) is 0 Å². The zero-order chi connectivity index (χ0) is 23.4. The molecule has 0 aliphatic rings. The van der Waals surface area contributed by atoms with Crippen LogP contribution in [0.5, 0.6) is 0 Å². The van der Waals surface area contributed by atoms with Crippen molar-refractivity contribution in [1.29, 1.82) is 0 Å². The second-order valence-corrected chi connectivity index (χ2v) is 10.9. The van der Waals surface area contributed by atoms with Gasteiger partial charge in [0.05, 0.1) is 11.2 Å². The smallest absolute Gasteiger partial charge is 0.126 e. The zero-order valence-corrected chi connectivity index (χ0v) is 21.1. The second-order valence-electron chi connectivity index (χ2n) is 10.9. The Labute approximate surface area is 193 Å². The van der Waals surface area contributed by atoms with Crippen molar-refractivity contribution in [2.45, 2.75) is 79.6 Å². The van der Waals surface area contributed by atoms with Crippen LogP contribution >= 0.6 is 0 Å². The van der Waals surface area contributed by atoms with Crippen LogP contribution in [0.4, 0.5) is 0 Å². The molecule has 32 heavy (non-hydrogen) atoms.